The Morgan fingerprint density at radius 3 is 2.00 bits per heavy atom. The summed E-state index contributed by atoms with van der Waals surface area (Å²) < 4.78 is 5.17. The third-order valence-corrected chi connectivity index (χ3v) is 1.31. The van der Waals surface area contributed by atoms with Crippen molar-refractivity contribution in [3.63, 3.8) is 0 Å². The lowest BCUT2D eigenvalue weighted by Gasteiger charge is -2.13. The molecule has 0 saturated heterocycles. The zero-order valence-electron chi connectivity index (χ0n) is 6.72. The van der Waals surface area contributed by atoms with Crippen molar-refractivity contribution in [1.29, 1.82) is 0 Å². The van der Waals surface area contributed by atoms with Crippen LogP contribution in [0.15, 0.2) is 12.2 Å². The van der Waals surface area contributed by atoms with Gasteiger partial charge in [-0.2, -0.15) is 0 Å². The second-order valence-electron chi connectivity index (χ2n) is 2.47. The minimum Gasteiger partial charge on any atom is -0.377 e. The number of ether oxygens (including phenoxy) is 1. The van der Waals surface area contributed by atoms with Crippen LogP contribution in [-0.2, 0) is 4.74 Å². The Labute approximate surface area is 57.7 Å². The van der Waals surface area contributed by atoms with Crippen molar-refractivity contribution in [2.75, 3.05) is 7.11 Å². The number of allylic oxidation sites excluding steroid dienone is 1. The highest BCUT2D eigenvalue weighted by atomic mass is 16.5. The van der Waals surface area contributed by atoms with E-state index in [1.165, 1.54) is 0 Å². The van der Waals surface area contributed by atoms with Crippen molar-refractivity contribution in [3.05, 3.63) is 12.2 Å². The van der Waals surface area contributed by atoms with Gasteiger partial charge in [-0.3, -0.25) is 0 Å². The van der Waals surface area contributed by atoms with Crippen LogP contribution in [0.4, 0.5) is 0 Å². The van der Waals surface area contributed by atoms with Crippen LogP contribution in [0.1, 0.15) is 20.8 Å². The molecule has 0 fully saturated rings. The molecule has 0 saturated carbocycles. The maximum Gasteiger partial charge on any atom is 0.0774 e. The first kappa shape index (κ1) is 8.70. The molecule has 1 nitrogen and oxygen atoms in total. The number of hydrogen-bond acceptors (Lipinski definition) is 1. The van der Waals surface area contributed by atoms with Gasteiger partial charge in [0, 0.05) is 7.11 Å². The highest BCUT2D eigenvalue weighted by molar-refractivity contribution is 4.88. The standard InChI is InChI=1S/C8H16O/c1-5-6-8(9-4)7(2)3/h5-8H,1-4H3/b6-5-. The van der Waals surface area contributed by atoms with Gasteiger partial charge in [-0.25, -0.2) is 0 Å². The van der Waals surface area contributed by atoms with Gasteiger partial charge >= 0.3 is 0 Å². The molecule has 0 aliphatic carbocycles. The summed E-state index contributed by atoms with van der Waals surface area (Å²) in [6, 6.07) is 0. The van der Waals surface area contributed by atoms with E-state index in [4.69, 9.17) is 4.74 Å². The van der Waals surface area contributed by atoms with Crippen LogP contribution in [0, 0.1) is 5.92 Å². The Balaban J connectivity index is 3.68. The summed E-state index contributed by atoms with van der Waals surface area (Å²) in [4.78, 5) is 0. The predicted octanol–water partition coefficient (Wildman–Crippen LogP) is 2.23. The Kier molecular flexibility index (Phi) is 4.41. The topological polar surface area (TPSA) is 9.23 Å². The SMILES string of the molecule is C/C=C\C(OC)C(C)C. The molecule has 0 aromatic carbocycles. The largest absolute Gasteiger partial charge is 0.377 e. The van der Waals surface area contributed by atoms with Gasteiger partial charge in [-0.1, -0.05) is 26.0 Å². The highest BCUT2D eigenvalue weighted by Gasteiger charge is 2.05. The molecular weight excluding hydrogens is 112 g/mol. The van der Waals surface area contributed by atoms with E-state index in [0.717, 1.165) is 0 Å². The van der Waals surface area contributed by atoms with Gasteiger partial charge in [0.15, 0.2) is 0 Å². The van der Waals surface area contributed by atoms with Gasteiger partial charge in [0.25, 0.3) is 0 Å². The van der Waals surface area contributed by atoms with Crippen LogP contribution in [0.5, 0.6) is 0 Å². The highest BCUT2D eigenvalue weighted by Crippen LogP contribution is 2.05. The van der Waals surface area contributed by atoms with E-state index >= 15 is 0 Å². The maximum absolute atomic E-state index is 5.17. The number of rotatable bonds is 3. The average molecular weight is 128 g/mol. The molecule has 0 aliphatic heterocycles. The second kappa shape index (κ2) is 4.57. The van der Waals surface area contributed by atoms with Crippen LogP contribution < -0.4 is 0 Å². The fraction of sp³-hybridized carbons (Fsp3) is 0.750. The molecule has 0 aromatic rings. The number of hydrogen-bond donors (Lipinski definition) is 0. The zero-order chi connectivity index (χ0) is 7.28. The monoisotopic (exact) mass is 128 g/mol. The molecule has 0 spiro atoms. The van der Waals surface area contributed by atoms with E-state index < -0.39 is 0 Å². The lowest BCUT2D eigenvalue weighted by molar-refractivity contribution is 0.103. The van der Waals surface area contributed by atoms with Crippen molar-refractivity contribution < 1.29 is 4.74 Å². The summed E-state index contributed by atoms with van der Waals surface area (Å²) in [6.07, 6.45) is 4.38. The van der Waals surface area contributed by atoms with Crippen molar-refractivity contribution in [1.82, 2.24) is 0 Å². The van der Waals surface area contributed by atoms with Crippen molar-refractivity contribution >= 4 is 0 Å². The summed E-state index contributed by atoms with van der Waals surface area (Å²) in [5, 5.41) is 0. The Morgan fingerprint density at radius 2 is 1.89 bits per heavy atom. The molecule has 0 radical (unpaired) electrons. The third kappa shape index (κ3) is 3.31. The van der Waals surface area contributed by atoms with Gasteiger partial charge < -0.3 is 4.74 Å². The van der Waals surface area contributed by atoms with Gasteiger partial charge in [-0.05, 0) is 12.8 Å². The maximum atomic E-state index is 5.17. The summed E-state index contributed by atoms with van der Waals surface area (Å²) >= 11 is 0. The predicted molar refractivity (Wildman–Crippen MR) is 40.4 cm³/mol. The van der Waals surface area contributed by atoms with Crippen LogP contribution in [0.3, 0.4) is 0 Å². The molecule has 1 atom stereocenters. The van der Waals surface area contributed by atoms with E-state index in [0.29, 0.717) is 5.92 Å². The lowest BCUT2D eigenvalue weighted by atomic mass is 10.1. The summed E-state index contributed by atoms with van der Waals surface area (Å²) in [5.74, 6) is 0.575. The van der Waals surface area contributed by atoms with Gasteiger partial charge in [0.05, 0.1) is 6.10 Å². The molecule has 0 amide bonds. The summed E-state index contributed by atoms with van der Waals surface area (Å²) in [5.41, 5.74) is 0. The minimum absolute atomic E-state index is 0.287. The molecule has 0 rings (SSSR count). The molecular formula is C8H16O. The smallest absolute Gasteiger partial charge is 0.0774 e. The summed E-state index contributed by atoms with van der Waals surface area (Å²) in [7, 11) is 1.74. The Morgan fingerprint density at radius 1 is 1.33 bits per heavy atom. The van der Waals surface area contributed by atoms with E-state index in [1.54, 1.807) is 7.11 Å². The van der Waals surface area contributed by atoms with Crippen molar-refractivity contribution in [3.8, 4) is 0 Å². The first-order valence-corrected chi connectivity index (χ1v) is 3.38. The molecule has 0 heterocycles. The molecule has 1 heteroatoms. The van der Waals surface area contributed by atoms with Gasteiger partial charge in [0.1, 0.15) is 0 Å². The van der Waals surface area contributed by atoms with E-state index in [9.17, 15) is 0 Å². The first-order chi connectivity index (χ1) is 4.22. The van der Waals surface area contributed by atoms with Crippen LogP contribution in [0.2, 0.25) is 0 Å². The van der Waals surface area contributed by atoms with Gasteiger partial charge in [-0.15, -0.1) is 0 Å². The molecule has 0 aromatic heterocycles. The Hall–Kier alpha value is -0.300. The van der Waals surface area contributed by atoms with E-state index in [-0.39, 0.29) is 6.10 Å². The fourth-order valence-electron chi connectivity index (χ4n) is 0.763. The molecule has 1 unspecified atom stereocenters. The van der Waals surface area contributed by atoms with Gasteiger partial charge in [0.2, 0.25) is 0 Å². The quantitative estimate of drug-likeness (QED) is 0.530. The van der Waals surface area contributed by atoms with Crippen LogP contribution in [-0.4, -0.2) is 13.2 Å². The summed E-state index contributed by atoms with van der Waals surface area (Å²) in [6.45, 7) is 6.30. The average Bonchev–Trinajstić information content (AvgIpc) is 1.82. The van der Waals surface area contributed by atoms with Crippen molar-refractivity contribution in [2.45, 2.75) is 26.9 Å². The third-order valence-electron chi connectivity index (χ3n) is 1.31. The van der Waals surface area contributed by atoms with E-state index in [2.05, 4.69) is 19.9 Å². The molecule has 0 bridgehead atoms. The second-order valence-corrected chi connectivity index (χ2v) is 2.47. The Bertz CT molecular complexity index is 84.6. The lowest BCUT2D eigenvalue weighted by Crippen LogP contribution is -2.14. The minimum atomic E-state index is 0.287. The van der Waals surface area contributed by atoms with Crippen molar-refractivity contribution in [2.24, 2.45) is 5.92 Å². The molecule has 0 aliphatic rings. The van der Waals surface area contributed by atoms with E-state index in [1.807, 2.05) is 13.0 Å². The number of methoxy groups -OCH3 is 1. The molecule has 9 heavy (non-hydrogen) atoms. The van der Waals surface area contributed by atoms with Crippen LogP contribution >= 0.6 is 0 Å². The first-order valence-electron chi connectivity index (χ1n) is 3.38. The fourth-order valence-corrected chi connectivity index (χ4v) is 0.763. The normalized spacial score (nSPS) is 15.2. The van der Waals surface area contributed by atoms with Crippen LogP contribution in [0.25, 0.3) is 0 Å². The zero-order valence-corrected chi connectivity index (χ0v) is 6.72. The molecule has 54 valence electrons. The molecule has 0 N–H and O–H groups in total.